The van der Waals surface area contributed by atoms with E-state index in [1.807, 2.05) is 0 Å². The molecule has 0 bridgehead atoms. The summed E-state index contributed by atoms with van der Waals surface area (Å²) in [5, 5.41) is 2.66. The highest BCUT2D eigenvalue weighted by Crippen LogP contribution is 2.23. The molecule has 1 fully saturated rings. The number of amides is 1. The minimum Gasteiger partial charge on any atom is -0.498 e. The zero-order chi connectivity index (χ0) is 27.1. The number of nitrogens with one attached hydrogen (secondary N) is 1. The van der Waals surface area contributed by atoms with Gasteiger partial charge in [0.1, 0.15) is 18.3 Å². The molecule has 0 aliphatic carbocycles. The Balaban J connectivity index is 3.16. The fraction of sp³-hybridized carbons (Fsp3) is 0.565. The molecule has 0 saturated carbocycles. The fourth-order valence-electron chi connectivity index (χ4n) is 2.75. The number of carbonyl (C=O) groups is 4. The number of alkyl carbamates (subject to hydrolysis) is 1. The van der Waals surface area contributed by atoms with E-state index < -0.39 is 54.0 Å². The van der Waals surface area contributed by atoms with Gasteiger partial charge in [-0.1, -0.05) is 0 Å². The Bertz CT molecular complexity index is 829. The first-order valence-electron chi connectivity index (χ1n) is 10.8. The molecule has 0 aromatic carbocycles. The van der Waals surface area contributed by atoms with Crippen LogP contribution in [0, 0.1) is 0 Å². The van der Waals surface area contributed by atoms with Crippen LogP contribution in [0.3, 0.4) is 0 Å². The van der Waals surface area contributed by atoms with Crippen LogP contribution >= 0.6 is 0 Å². The molecule has 1 heterocycles. The molecule has 0 aromatic heterocycles. The smallest absolute Gasteiger partial charge is 0.408 e. The van der Waals surface area contributed by atoms with Gasteiger partial charge in [0.25, 0.3) is 0 Å². The van der Waals surface area contributed by atoms with Crippen molar-refractivity contribution < 1.29 is 57.1 Å². The monoisotopic (exact) mass is 515 g/mol. The molecule has 36 heavy (non-hydrogen) atoms. The van der Waals surface area contributed by atoms with Crippen molar-refractivity contribution in [2.24, 2.45) is 0 Å². The standard InChI is InChI=1S/C23H33NO12/c1-23(2,3)36-22(28)24-15-13-35-16(14-32-10-7-17(25)29-4)21(34-12-9-19(27)31-6)20(15)33-11-8-18(26)30-5/h7-12,15-16,20-21H,13-14H2,1-6H3,(H,24,28)/b10-7+,11-8+,12-9+/t15-,16+,20+,21+/m0/s1. The van der Waals surface area contributed by atoms with E-state index in [2.05, 4.69) is 19.5 Å². The zero-order valence-electron chi connectivity index (χ0n) is 21.1. The lowest BCUT2D eigenvalue weighted by molar-refractivity contribution is -0.167. The molecule has 1 rings (SSSR count). The van der Waals surface area contributed by atoms with E-state index in [4.69, 9.17) is 23.7 Å². The third-order valence-electron chi connectivity index (χ3n) is 4.32. The van der Waals surface area contributed by atoms with Crippen LogP contribution in [-0.4, -0.2) is 88.5 Å². The minimum atomic E-state index is -0.978. The van der Waals surface area contributed by atoms with Crippen LogP contribution in [0.5, 0.6) is 0 Å². The van der Waals surface area contributed by atoms with Crippen LogP contribution in [0.25, 0.3) is 0 Å². The molecule has 0 aromatic rings. The summed E-state index contributed by atoms with van der Waals surface area (Å²) in [6, 6.07) is -0.805. The first-order valence-corrected chi connectivity index (χ1v) is 10.8. The van der Waals surface area contributed by atoms with Gasteiger partial charge >= 0.3 is 24.0 Å². The lowest BCUT2D eigenvalue weighted by Crippen LogP contribution is -2.61. The Morgan fingerprint density at radius 3 is 1.83 bits per heavy atom. The highest BCUT2D eigenvalue weighted by atomic mass is 16.6. The van der Waals surface area contributed by atoms with Crippen LogP contribution in [0.15, 0.2) is 37.0 Å². The van der Waals surface area contributed by atoms with Gasteiger partial charge in [-0.05, 0) is 20.8 Å². The van der Waals surface area contributed by atoms with Crippen molar-refractivity contribution in [1.82, 2.24) is 5.32 Å². The maximum atomic E-state index is 12.4. The topological polar surface area (TPSA) is 154 Å². The van der Waals surface area contributed by atoms with Crippen LogP contribution in [0.2, 0.25) is 0 Å². The predicted octanol–water partition coefficient (Wildman–Crippen LogP) is 1.13. The molecule has 4 atom stereocenters. The van der Waals surface area contributed by atoms with Crippen LogP contribution in [0.4, 0.5) is 4.79 Å². The van der Waals surface area contributed by atoms with Gasteiger partial charge in [0.15, 0.2) is 12.2 Å². The van der Waals surface area contributed by atoms with Crippen molar-refractivity contribution >= 4 is 24.0 Å². The van der Waals surface area contributed by atoms with Gasteiger partial charge < -0.3 is 43.2 Å². The molecule has 1 amide bonds. The second kappa shape index (κ2) is 15.3. The number of esters is 3. The van der Waals surface area contributed by atoms with E-state index >= 15 is 0 Å². The number of hydrogen-bond donors (Lipinski definition) is 1. The van der Waals surface area contributed by atoms with E-state index in [0.717, 1.165) is 37.0 Å². The van der Waals surface area contributed by atoms with Crippen molar-refractivity contribution in [3.05, 3.63) is 37.0 Å². The summed E-state index contributed by atoms with van der Waals surface area (Å²) in [4.78, 5) is 46.6. The second-order valence-corrected chi connectivity index (χ2v) is 8.14. The Morgan fingerprint density at radius 2 is 1.33 bits per heavy atom. The third-order valence-corrected chi connectivity index (χ3v) is 4.32. The normalized spacial score (nSPS) is 22.2. The molecule has 1 aliphatic heterocycles. The fourth-order valence-corrected chi connectivity index (χ4v) is 2.75. The van der Waals surface area contributed by atoms with Gasteiger partial charge in [0.2, 0.25) is 0 Å². The highest BCUT2D eigenvalue weighted by Gasteiger charge is 2.44. The van der Waals surface area contributed by atoms with Crippen molar-refractivity contribution in [3.8, 4) is 0 Å². The molecule has 202 valence electrons. The number of ether oxygens (including phenoxy) is 8. The summed E-state index contributed by atoms with van der Waals surface area (Å²) in [6.07, 6.45) is 2.94. The minimum absolute atomic E-state index is 0.0503. The van der Waals surface area contributed by atoms with Gasteiger partial charge in [0, 0.05) is 0 Å². The molecule has 0 spiro atoms. The van der Waals surface area contributed by atoms with E-state index in [0.29, 0.717) is 0 Å². The summed E-state index contributed by atoms with van der Waals surface area (Å²) in [5.74, 6) is -1.97. The predicted molar refractivity (Wildman–Crippen MR) is 122 cm³/mol. The van der Waals surface area contributed by atoms with Gasteiger partial charge in [0.05, 0.1) is 71.0 Å². The van der Waals surface area contributed by atoms with E-state index in [9.17, 15) is 19.2 Å². The number of methoxy groups -OCH3 is 3. The van der Waals surface area contributed by atoms with Crippen molar-refractivity contribution in [2.45, 2.75) is 50.7 Å². The van der Waals surface area contributed by atoms with Gasteiger partial charge in [-0.3, -0.25) is 0 Å². The van der Waals surface area contributed by atoms with E-state index in [1.165, 1.54) is 21.3 Å². The first-order chi connectivity index (χ1) is 17.0. The van der Waals surface area contributed by atoms with E-state index in [-0.39, 0.29) is 13.2 Å². The molecule has 1 N–H and O–H groups in total. The molecule has 1 aliphatic rings. The summed E-state index contributed by atoms with van der Waals surface area (Å²) in [6.45, 7) is 4.95. The molecular weight excluding hydrogens is 482 g/mol. The molecular formula is C23H33NO12. The second-order valence-electron chi connectivity index (χ2n) is 8.14. The van der Waals surface area contributed by atoms with Crippen LogP contribution in [0.1, 0.15) is 20.8 Å². The molecule has 13 heteroatoms. The Hall–Kier alpha value is -3.74. The van der Waals surface area contributed by atoms with Crippen LogP contribution in [-0.2, 0) is 52.3 Å². The number of carbonyl (C=O) groups excluding carboxylic acids is 4. The lowest BCUT2D eigenvalue weighted by atomic mass is 9.98. The highest BCUT2D eigenvalue weighted by molar-refractivity contribution is 5.82. The van der Waals surface area contributed by atoms with Crippen LogP contribution < -0.4 is 5.32 Å². The van der Waals surface area contributed by atoms with Crippen molar-refractivity contribution in [1.29, 1.82) is 0 Å². The average Bonchev–Trinajstić information content (AvgIpc) is 2.82. The largest absolute Gasteiger partial charge is 0.498 e. The lowest BCUT2D eigenvalue weighted by Gasteiger charge is -2.41. The van der Waals surface area contributed by atoms with E-state index in [1.54, 1.807) is 20.8 Å². The zero-order valence-corrected chi connectivity index (χ0v) is 21.1. The van der Waals surface area contributed by atoms with Crippen molar-refractivity contribution in [3.63, 3.8) is 0 Å². The summed E-state index contributed by atoms with van der Waals surface area (Å²) >= 11 is 0. The van der Waals surface area contributed by atoms with Gasteiger partial charge in [-0.2, -0.15) is 0 Å². The van der Waals surface area contributed by atoms with Gasteiger partial charge in [-0.25, -0.2) is 19.2 Å². The first kappa shape index (κ1) is 30.3. The Kier molecular flexibility index (Phi) is 12.9. The molecule has 0 radical (unpaired) electrons. The summed E-state index contributed by atoms with van der Waals surface area (Å²) < 4.78 is 41.5. The molecule has 13 nitrogen and oxygen atoms in total. The number of hydrogen-bond acceptors (Lipinski definition) is 12. The molecule has 0 unspecified atom stereocenters. The summed E-state index contributed by atoms with van der Waals surface area (Å²) in [5.41, 5.74) is -0.762. The maximum absolute atomic E-state index is 12.4. The number of rotatable bonds is 11. The quantitative estimate of drug-likeness (QED) is 0.181. The molecule has 1 saturated heterocycles. The van der Waals surface area contributed by atoms with Crippen molar-refractivity contribution in [2.75, 3.05) is 34.5 Å². The Morgan fingerprint density at radius 1 is 0.833 bits per heavy atom. The van der Waals surface area contributed by atoms with Gasteiger partial charge in [-0.15, -0.1) is 0 Å². The third kappa shape index (κ3) is 11.6. The average molecular weight is 516 g/mol. The Labute approximate surface area is 209 Å². The SMILES string of the molecule is COC(=O)/C=C/OC[C@H]1OC[C@H](NC(=O)OC(C)(C)C)[C@@H](O/C=C/C(=O)OC)[C@@H]1O/C=C/C(=O)OC. The summed E-state index contributed by atoms with van der Waals surface area (Å²) in [7, 11) is 3.62. The maximum Gasteiger partial charge on any atom is 0.408 e.